The summed E-state index contributed by atoms with van der Waals surface area (Å²) in [5, 5.41) is 10.0. The molecule has 1 aliphatic carbocycles. The normalized spacial score (nSPS) is 16.7. The van der Waals surface area contributed by atoms with Gasteiger partial charge < -0.3 is 40.0 Å². The Morgan fingerprint density at radius 1 is 0.663 bits per heavy atom. The number of phosphoric ester groups is 2. The lowest BCUT2D eigenvalue weighted by Gasteiger charge is -2.39. The number of unbranched alkanes of at least 4 members (excludes halogenated alkanes) is 3. The number of fused-ring (bicyclic) bond motifs is 6. The van der Waals surface area contributed by atoms with Crippen molar-refractivity contribution in [2.75, 3.05) is 58.4 Å². The number of nitrogens with one attached hydrogen (secondary N) is 3. The summed E-state index contributed by atoms with van der Waals surface area (Å²) in [6.45, 7) is 0.347. The molecule has 0 bridgehead atoms. The largest absolute Gasteiger partial charge is 0.524 e. The number of hydrogen-bond donors (Lipinski definition) is 8. The Kier molecular flexibility index (Phi) is 22.9. The summed E-state index contributed by atoms with van der Waals surface area (Å²) in [7, 11) is -10.1. The van der Waals surface area contributed by atoms with E-state index in [4.69, 9.17) is 42.7 Å². The van der Waals surface area contributed by atoms with Crippen LogP contribution >= 0.6 is 38.8 Å². The second-order valence-corrected chi connectivity index (χ2v) is 27.3. The topological polar surface area (TPSA) is 368 Å². The van der Waals surface area contributed by atoms with E-state index in [-0.39, 0.29) is 122 Å². The highest BCUT2D eigenvalue weighted by Crippen LogP contribution is 2.52. The number of ether oxygens (including phenoxy) is 1. The van der Waals surface area contributed by atoms with Crippen LogP contribution in [0.4, 0.5) is 32.3 Å². The minimum Gasteiger partial charge on any atom is -0.444 e. The van der Waals surface area contributed by atoms with Crippen LogP contribution < -0.4 is 40.5 Å². The zero-order chi connectivity index (χ0) is 70.1. The lowest BCUT2D eigenvalue weighted by atomic mass is 9.61. The minimum absolute atomic E-state index is 0.0923. The van der Waals surface area contributed by atoms with Crippen LogP contribution in [-0.2, 0) is 54.0 Å². The average molecular weight is 1420 g/mol. The van der Waals surface area contributed by atoms with Crippen molar-refractivity contribution in [2.45, 2.75) is 89.1 Å². The SMILES string of the molecule is NC(=O)NCCC[C@H](CC(=O)C1(C(=O)CCCCCCN2C(=O)C=CC2=O)CCC1)C(=O)Nc1ccc(COC(=O)Nc2cc(/C=C/C(=O)N3C[C@@H](CCl)c4c3cc(OP(=O)(O)O)c3ccccc43)ccc2/C=C/C(=O)N2C[C@@H](CCl)c3c2cc(OP(=O)(O)O)c2ccccc32)cc1. The Bertz CT molecular complexity index is 4320. The number of amides is 8. The highest BCUT2D eigenvalue weighted by molar-refractivity contribution is 7.47. The molecule has 10 rings (SSSR count). The summed E-state index contributed by atoms with van der Waals surface area (Å²) in [5.74, 6) is -4.56. The number of alkyl halides is 2. The maximum atomic E-state index is 14.3. The van der Waals surface area contributed by atoms with Crippen molar-refractivity contribution in [3.8, 4) is 11.5 Å². The molecule has 0 spiro atoms. The van der Waals surface area contributed by atoms with Crippen molar-refractivity contribution in [2.24, 2.45) is 17.1 Å². The van der Waals surface area contributed by atoms with Gasteiger partial charge in [0.25, 0.3) is 23.6 Å². The number of carbonyl (C=O) groups excluding carboxylic acids is 9. The van der Waals surface area contributed by atoms with E-state index in [1.165, 1.54) is 69.4 Å². The van der Waals surface area contributed by atoms with Gasteiger partial charge in [-0.2, -0.15) is 0 Å². The number of phosphoric acid groups is 2. The maximum absolute atomic E-state index is 14.3. The molecule has 98 heavy (non-hydrogen) atoms. The number of halogens is 2. The van der Waals surface area contributed by atoms with Gasteiger partial charge in [0.2, 0.25) is 5.91 Å². The number of benzene rings is 6. The van der Waals surface area contributed by atoms with E-state index >= 15 is 0 Å². The Morgan fingerprint density at radius 3 is 1.74 bits per heavy atom. The number of urea groups is 1. The van der Waals surface area contributed by atoms with Crippen LogP contribution in [0.2, 0.25) is 0 Å². The fourth-order valence-corrected chi connectivity index (χ4v) is 14.2. The van der Waals surface area contributed by atoms with Crippen molar-refractivity contribution >= 4 is 149 Å². The first-order chi connectivity index (χ1) is 46.8. The van der Waals surface area contributed by atoms with Gasteiger partial charge in [0.05, 0.1) is 22.5 Å². The lowest BCUT2D eigenvalue weighted by molar-refractivity contribution is -0.148. The van der Waals surface area contributed by atoms with Gasteiger partial charge in [-0.15, -0.1) is 23.2 Å². The molecule has 6 aromatic rings. The molecule has 8 amide bonds. The Balaban J connectivity index is 0.836. The second-order valence-electron chi connectivity index (χ2n) is 24.3. The molecular formula is C69H71Cl2N7O18P2. The van der Waals surface area contributed by atoms with E-state index in [2.05, 4.69) is 16.0 Å². The molecule has 0 aromatic heterocycles. The maximum Gasteiger partial charge on any atom is 0.524 e. The van der Waals surface area contributed by atoms with E-state index in [0.29, 0.717) is 112 Å². The predicted octanol–water partition coefficient (Wildman–Crippen LogP) is 11.0. The summed E-state index contributed by atoms with van der Waals surface area (Å²) in [4.78, 5) is 163. The highest BCUT2D eigenvalue weighted by Gasteiger charge is 2.50. The van der Waals surface area contributed by atoms with Gasteiger partial charge in [-0.1, -0.05) is 92.1 Å². The Morgan fingerprint density at radius 2 is 1.21 bits per heavy atom. The number of nitrogens with two attached hydrogens (primary N) is 1. The predicted molar refractivity (Wildman–Crippen MR) is 368 cm³/mol. The number of ketones is 2. The van der Waals surface area contributed by atoms with Crippen LogP contribution in [-0.4, -0.2) is 116 Å². The molecule has 29 heteroatoms. The molecule has 3 atom stereocenters. The summed E-state index contributed by atoms with van der Waals surface area (Å²) >= 11 is 13.0. The molecule has 6 aromatic carbocycles. The molecule has 9 N–H and O–H groups in total. The smallest absolute Gasteiger partial charge is 0.444 e. The van der Waals surface area contributed by atoms with Crippen molar-refractivity contribution < 1.29 is 85.6 Å². The summed E-state index contributed by atoms with van der Waals surface area (Å²) in [5.41, 5.74) is 7.67. The Hall–Kier alpha value is -9.03. The highest BCUT2D eigenvalue weighted by atomic mass is 35.5. The molecule has 0 saturated heterocycles. The summed E-state index contributed by atoms with van der Waals surface area (Å²) in [6.07, 6.45) is 11.2. The first-order valence-electron chi connectivity index (χ1n) is 31.7. The third-order valence-electron chi connectivity index (χ3n) is 17.9. The molecule has 3 heterocycles. The molecule has 0 unspecified atom stereocenters. The molecule has 3 aliphatic heterocycles. The number of nitrogens with zero attached hydrogens (tertiary/aromatic N) is 3. The molecule has 0 radical (unpaired) electrons. The molecule has 1 fully saturated rings. The first kappa shape index (κ1) is 71.7. The fraction of sp³-hybridized carbons (Fsp3) is 0.319. The molecule has 4 aliphatic rings. The van der Waals surface area contributed by atoms with Gasteiger partial charge in [0.15, 0.2) is 0 Å². The van der Waals surface area contributed by atoms with Gasteiger partial charge in [-0.3, -0.25) is 63.4 Å². The van der Waals surface area contributed by atoms with Gasteiger partial charge in [0, 0.05) is 121 Å². The summed E-state index contributed by atoms with van der Waals surface area (Å²) in [6, 6.07) is 26.7. The van der Waals surface area contributed by atoms with Gasteiger partial charge >= 0.3 is 27.8 Å². The average Bonchev–Trinajstić information content (AvgIpc) is 1.56. The van der Waals surface area contributed by atoms with E-state index in [1.807, 2.05) is 0 Å². The first-order valence-corrected chi connectivity index (χ1v) is 35.8. The molecule has 25 nitrogen and oxygen atoms in total. The minimum atomic E-state index is -5.06. The van der Waals surface area contributed by atoms with Gasteiger partial charge in [-0.25, -0.2) is 18.7 Å². The van der Waals surface area contributed by atoms with Gasteiger partial charge in [0.1, 0.15) is 29.7 Å². The van der Waals surface area contributed by atoms with Crippen LogP contribution in [0.25, 0.3) is 33.7 Å². The number of primary amides is 1. The van der Waals surface area contributed by atoms with Crippen molar-refractivity contribution in [3.05, 3.63) is 155 Å². The summed E-state index contributed by atoms with van der Waals surface area (Å²) < 4.78 is 40.1. The van der Waals surface area contributed by atoms with E-state index < -0.39 is 56.8 Å². The number of imide groups is 1. The zero-order valence-corrected chi connectivity index (χ0v) is 56.1. The molecule has 1 saturated carbocycles. The Labute approximate surface area is 572 Å². The third-order valence-corrected chi connectivity index (χ3v) is 19.5. The quantitative estimate of drug-likeness (QED) is 0.00518. The van der Waals surface area contributed by atoms with Crippen LogP contribution in [0, 0.1) is 11.3 Å². The van der Waals surface area contributed by atoms with Crippen LogP contribution in [0.5, 0.6) is 11.5 Å². The van der Waals surface area contributed by atoms with E-state index in [9.17, 15) is 71.9 Å². The van der Waals surface area contributed by atoms with Crippen molar-refractivity contribution in [1.82, 2.24) is 10.2 Å². The van der Waals surface area contributed by atoms with Crippen LogP contribution in [0.3, 0.4) is 0 Å². The van der Waals surface area contributed by atoms with E-state index in [0.717, 1.165) is 0 Å². The number of anilines is 4. The van der Waals surface area contributed by atoms with Crippen LogP contribution in [0.1, 0.15) is 110 Å². The lowest BCUT2D eigenvalue weighted by Crippen LogP contribution is -2.46. The second kappa shape index (κ2) is 31.2. The van der Waals surface area contributed by atoms with Crippen molar-refractivity contribution in [3.63, 3.8) is 0 Å². The third kappa shape index (κ3) is 17.1. The number of carbonyl (C=O) groups is 9. The molecular weight excluding hydrogens is 1350 g/mol. The fourth-order valence-electron chi connectivity index (χ4n) is 12.9. The number of hydrogen-bond acceptors (Lipinski definition) is 14. The monoisotopic (exact) mass is 1420 g/mol. The number of Topliss-reactive ketones (excluding diaryl/α,β-unsaturated/α-hetero) is 2. The number of rotatable bonds is 30. The standard InChI is InChI=1S/C69H71Cl2N7O18P2/c70-37-46-39-77(54-35-56(95-97(88,89)90)49-12-4-6-14-51(49)64(46)54)62(83)25-20-42-17-21-44(22-26-63(84)78-40-47(38-71)65-52-15-7-5-13-50(52)57(36-55(65)78)96-98(91,92)93)53(33-42)75-68(87)94-41-43-18-23-48(24-19-43)74-66(85)45(11-9-31-73-67(72)86)34-59(80)69(29-10-30-69)58(79)16-3-1-2-8-32-76-60(81)27-28-61(76)82/h4-7,12-15,17-28,33,35-36,45-47H,1-3,8-11,16,29-32,34,37-41H2,(H,74,85)(H,75,87)(H3,72,73,86)(H2,88,89,90)(H2,91,92,93)/b25-20+,26-22+/t45-,46-,47-/m1/s1. The molecule has 514 valence electrons. The van der Waals surface area contributed by atoms with E-state index in [1.54, 1.807) is 84.9 Å². The van der Waals surface area contributed by atoms with Crippen LogP contribution in [0.15, 0.2) is 127 Å². The van der Waals surface area contributed by atoms with Crippen molar-refractivity contribution in [1.29, 1.82) is 0 Å². The van der Waals surface area contributed by atoms with Gasteiger partial charge in [-0.05, 0) is 107 Å². The zero-order valence-electron chi connectivity index (χ0n) is 52.8.